The van der Waals surface area contributed by atoms with E-state index in [-0.39, 0.29) is 6.04 Å². The first kappa shape index (κ1) is 13.6. The molecule has 1 aromatic carbocycles. The van der Waals surface area contributed by atoms with Crippen molar-refractivity contribution in [2.45, 2.75) is 26.3 Å². The zero-order chi connectivity index (χ0) is 14.7. The van der Waals surface area contributed by atoms with E-state index < -0.39 is 0 Å². The molecule has 0 aliphatic rings. The molecule has 1 N–H and O–H groups in total. The van der Waals surface area contributed by atoms with Crippen molar-refractivity contribution in [2.75, 3.05) is 6.54 Å². The van der Waals surface area contributed by atoms with Gasteiger partial charge in [-0.25, -0.2) is 0 Å². The summed E-state index contributed by atoms with van der Waals surface area (Å²) in [5.74, 6) is 1.17. The third-order valence-electron chi connectivity index (χ3n) is 3.24. The highest BCUT2D eigenvalue weighted by Gasteiger charge is 2.14. The van der Waals surface area contributed by atoms with E-state index in [4.69, 9.17) is 4.52 Å². The summed E-state index contributed by atoms with van der Waals surface area (Å²) < 4.78 is 5.33. The van der Waals surface area contributed by atoms with Gasteiger partial charge in [-0.2, -0.15) is 4.98 Å². The molecule has 6 heteroatoms. The van der Waals surface area contributed by atoms with Gasteiger partial charge in [0.2, 0.25) is 11.7 Å². The Hall–Kier alpha value is -2.34. The van der Waals surface area contributed by atoms with Gasteiger partial charge in [-0.1, -0.05) is 12.1 Å². The van der Waals surface area contributed by atoms with Crippen molar-refractivity contribution in [2.24, 2.45) is 0 Å². The standard InChI is InChI=1S/C15H17N5O/c1-3-6-16-10(2)15-19-14(20-21-15)11-4-5-12-13(9-11)18-8-7-17-12/h4-5,7-10,16H,3,6H2,1-2H3. The SMILES string of the molecule is CCCNC(C)c1nc(-c2ccc3nccnc3c2)no1. The van der Waals surface area contributed by atoms with Crippen LogP contribution in [0.15, 0.2) is 35.1 Å². The fourth-order valence-electron chi connectivity index (χ4n) is 2.08. The molecule has 0 radical (unpaired) electrons. The van der Waals surface area contributed by atoms with Crippen molar-refractivity contribution in [1.29, 1.82) is 0 Å². The van der Waals surface area contributed by atoms with Crippen molar-refractivity contribution in [3.8, 4) is 11.4 Å². The second kappa shape index (κ2) is 5.97. The maximum Gasteiger partial charge on any atom is 0.243 e. The monoisotopic (exact) mass is 283 g/mol. The molecular weight excluding hydrogens is 266 g/mol. The van der Waals surface area contributed by atoms with Gasteiger partial charge in [-0.05, 0) is 38.1 Å². The van der Waals surface area contributed by atoms with Crippen molar-refractivity contribution >= 4 is 11.0 Å². The van der Waals surface area contributed by atoms with E-state index in [0.717, 1.165) is 29.6 Å². The molecule has 0 amide bonds. The average Bonchev–Trinajstić information content (AvgIpc) is 3.02. The summed E-state index contributed by atoms with van der Waals surface area (Å²) in [5, 5.41) is 7.37. The van der Waals surface area contributed by atoms with Gasteiger partial charge in [0.15, 0.2) is 0 Å². The number of hydrogen-bond acceptors (Lipinski definition) is 6. The summed E-state index contributed by atoms with van der Waals surface area (Å²) in [4.78, 5) is 13.0. The molecule has 1 unspecified atom stereocenters. The highest BCUT2D eigenvalue weighted by Crippen LogP contribution is 2.21. The number of rotatable bonds is 5. The van der Waals surface area contributed by atoms with Crippen LogP contribution in [0.25, 0.3) is 22.4 Å². The minimum absolute atomic E-state index is 0.0476. The number of nitrogens with one attached hydrogen (secondary N) is 1. The summed E-state index contributed by atoms with van der Waals surface area (Å²) in [7, 11) is 0. The van der Waals surface area contributed by atoms with Gasteiger partial charge >= 0.3 is 0 Å². The van der Waals surface area contributed by atoms with Crippen LogP contribution >= 0.6 is 0 Å². The second-order valence-electron chi connectivity index (χ2n) is 4.89. The summed E-state index contributed by atoms with van der Waals surface area (Å²) in [5.41, 5.74) is 2.54. The van der Waals surface area contributed by atoms with Gasteiger partial charge in [0, 0.05) is 18.0 Å². The van der Waals surface area contributed by atoms with Crippen LogP contribution in [-0.4, -0.2) is 26.7 Å². The van der Waals surface area contributed by atoms with E-state index in [2.05, 4.69) is 32.3 Å². The maximum absolute atomic E-state index is 5.33. The first-order valence-electron chi connectivity index (χ1n) is 7.06. The summed E-state index contributed by atoms with van der Waals surface area (Å²) in [6, 6.07) is 5.80. The highest BCUT2D eigenvalue weighted by atomic mass is 16.5. The van der Waals surface area contributed by atoms with Gasteiger partial charge in [0.05, 0.1) is 17.1 Å². The third kappa shape index (κ3) is 2.90. The van der Waals surface area contributed by atoms with Crippen LogP contribution in [0.2, 0.25) is 0 Å². The van der Waals surface area contributed by atoms with Crippen molar-refractivity contribution in [3.05, 3.63) is 36.5 Å². The fraction of sp³-hybridized carbons (Fsp3) is 0.333. The lowest BCUT2D eigenvalue weighted by atomic mass is 10.2. The molecule has 0 fully saturated rings. The molecule has 21 heavy (non-hydrogen) atoms. The second-order valence-corrected chi connectivity index (χ2v) is 4.89. The molecular formula is C15H17N5O. The Morgan fingerprint density at radius 1 is 1.19 bits per heavy atom. The quantitative estimate of drug-likeness (QED) is 0.776. The molecule has 3 aromatic rings. The molecule has 3 rings (SSSR count). The Kier molecular flexibility index (Phi) is 3.87. The lowest BCUT2D eigenvalue weighted by Crippen LogP contribution is -2.19. The Balaban J connectivity index is 1.87. The van der Waals surface area contributed by atoms with E-state index in [1.54, 1.807) is 12.4 Å². The molecule has 1 atom stereocenters. The normalized spacial score (nSPS) is 12.7. The molecule has 2 heterocycles. The van der Waals surface area contributed by atoms with Crippen LogP contribution in [0, 0.1) is 0 Å². The Morgan fingerprint density at radius 2 is 2.00 bits per heavy atom. The van der Waals surface area contributed by atoms with Crippen molar-refractivity contribution in [3.63, 3.8) is 0 Å². The van der Waals surface area contributed by atoms with E-state index in [1.165, 1.54) is 0 Å². The lowest BCUT2D eigenvalue weighted by molar-refractivity contribution is 0.340. The number of benzene rings is 1. The zero-order valence-corrected chi connectivity index (χ0v) is 12.1. The predicted octanol–water partition coefficient (Wildman–Crippen LogP) is 2.74. The minimum atomic E-state index is 0.0476. The van der Waals surface area contributed by atoms with E-state index in [9.17, 15) is 0 Å². The zero-order valence-electron chi connectivity index (χ0n) is 12.1. The van der Waals surface area contributed by atoms with Crippen LogP contribution in [0.4, 0.5) is 0 Å². The molecule has 108 valence electrons. The molecule has 6 nitrogen and oxygen atoms in total. The Morgan fingerprint density at radius 3 is 2.81 bits per heavy atom. The van der Waals surface area contributed by atoms with Gasteiger partial charge in [0.1, 0.15) is 0 Å². The average molecular weight is 283 g/mol. The maximum atomic E-state index is 5.33. The fourth-order valence-corrected chi connectivity index (χ4v) is 2.08. The van der Waals surface area contributed by atoms with Crippen molar-refractivity contribution < 1.29 is 4.52 Å². The largest absolute Gasteiger partial charge is 0.337 e. The first-order chi connectivity index (χ1) is 10.3. The topological polar surface area (TPSA) is 76.7 Å². The number of hydrogen-bond donors (Lipinski definition) is 1. The van der Waals surface area contributed by atoms with Crippen LogP contribution in [0.5, 0.6) is 0 Å². The molecule has 0 saturated carbocycles. The van der Waals surface area contributed by atoms with Gasteiger partial charge in [-0.3, -0.25) is 9.97 Å². The summed E-state index contributed by atoms with van der Waals surface area (Å²) in [6.07, 6.45) is 4.41. The van der Waals surface area contributed by atoms with Crippen LogP contribution in [0.3, 0.4) is 0 Å². The van der Waals surface area contributed by atoms with Gasteiger partial charge < -0.3 is 9.84 Å². The molecule has 2 aromatic heterocycles. The molecule has 0 bridgehead atoms. The molecule has 0 aliphatic carbocycles. The molecule has 0 spiro atoms. The van der Waals surface area contributed by atoms with Gasteiger partial charge in [0.25, 0.3) is 0 Å². The Bertz CT molecular complexity index is 740. The minimum Gasteiger partial charge on any atom is -0.337 e. The smallest absolute Gasteiger partial charge is 0.243 e. The Labute approximate surface area is 122 Å². The van der Waals surface area contributed by atoms with Gasteiger partial charge in [-0.15, -0.1) is 0 Å². The first-order valence-corrected chi connectivity index (χ1v) is 7.06. The third-order valence-corrected chi connectivity index (χ3v) is 3.24. The lowest BCUT2D eigenvalue weighted by Gasteiger charge is -2.06. The summed E-state index contributed by atoms with van der Waals surface area (Å²) >= 11 is 0. The predicted molar refractivity (Wildman–Crippen MR) is 79.5 cm³/mol. The van der Waals surface area contributed by atoms with E-state index >= 15 is 0 Å². The summed E-state index contributed by atoms with van der Waals surface area (Å²) in [6.45, 7) is 5.05. The number of nitrogens with zero attached hydrogens (tertiary/aromatic N) is 4. The molecule has 0 saturated heterocycles. The highest BCUT2D eigenvalue weighted by molar-refractivity contribution is 5.79. The van der Waals surface area contributed by atoms with E-state index in [0.29, 0.717) is 11.7 Å². The molecule has 0 aliphatic heterocycles. The number of aromatic nitrogens is 4. The van der Waals surface area contributed by atoms with Crippen LogP contribution < -0.4 is 5.32 Å². The van der Waals surface area contributed by atoms with E-state index in [1.807, 2.05) is 25.1 Å². The van der Waals surface area contributed by atoms with Crippen LogP contribution in [-0.2, 0) is 0 Å². The van der Waals surface area contributed by atoms with Crippen LogP contribution in [0.1, 0.15) is 32.2 Å². The van der Waals surface area contributed by atoms with Crippen molar-refractivity contribution in [1.82, 2.24) is 25.4 Å². The number of fused-ring (bicyclic) bond motifs is 1.